The van der Waals surface area contributed by atoms with Crippen LogP contribution in [-0.2, 0) is 22.4 Å². The summed E-state index contributed by atoms with van der Waals surface area (Å²) in [5, 5.41) is 12.7. The van der Waals surface area contributed by atoms with Crippen LogP contribution in [0.4, 0.5) is 5.00 Å². The molecule has 0 aliphatic heterocycles. The average molecular weight is 374 g/mol. The Kier molecular flexibility index (Phi) is 5.21. The van der Waals surface area contributed by atoms with Crippen molar-refractivity contribution >= 4 is 39.6 Å². The number of rotatable bonds is 4. The van der Waals surface area contributed by atoms with Crippen molar-refractivity contribution in [2.45, 2.75) is 39.5 Å². The number of carbonyl (C=O) groups excluding carboxylic acids is 2. The van der Waals surface area contributed by atoms with E-state index in [1.54, 1.807) is 6.07 Å². The Hall–Kier alpha value is -2.17. The van der Waals surface area contributed by atoms with Gasteiger partial charge < -0.3 is 10.1 Å². The number of nitriles is 1. The molecule has 2 aromatic heterocycles. The largest absolute Gasteiger partial charge is 0.452 e. The van der Waals surface area contributed by atoms with Gasteiger partial charge in [0.15, 0.2) is 6.61 Å². The Morgan fingerprint density at radius 3 is 2.72 bits per heavy atom. The quantitative estimate of drug-likeness (QED) is 0.821. The lowest BCUT2D eigenvalue weighted by atomic mass is 9.96. The van der Waals surface area contributed by atoms with Crippen molar-refractivity contribution in [2.75, 3.05) is 11.9 Å². The van der Waals surface area contributed by atoms with Crippen LogP contribution >= 0.6 is 22.7 Å². The van der Waals surface area contributed by atoms with E-state index in [0.717, 1.165) is 41.0 Å². The van der Waals surface area contributed by atoms with Gasteiger partial charge in [0.2, 0.25) is 0 Å². The van der Waals surface area contributed by atoms with E-state index in [0.29, 0.717) is 16.1 Å². The molecule has 0 saturated carbocycles. The lowest BCUT2D eigenvalue weighted by Crippen LogP contribution is -2.21. The second-order valence-corrected chi connectivity index (χ2v) is 8.54. The Labute approximate surface area is 154 Å². The van der Waals surface area contributed by atoms with Gasteiger partial charge in [-0.3, -0.25) is 4.79 Å². The molecule has 1 aliphatic rings. The van der Waals surface area contributed by atoms with E-state index in [2.05, 4.69) is 11.4 Å². The van der Waals surface area contributed by atoms with Crippen LogP contribution in [-0.4, -0.2) is 18.5 Å². The van der Waals surface area contributed by atoms with Crippen LogP contribution in [0.25, 0.3) is 0 Å². The van der Waals surface area contributed by atoms with E-state index in [1.807, 2.05) is 13.8 Å². The van der Waals surface area contributed by atoms with Gasteiger partial charge in [-0.1, -0.05) is 0 Å². The zero-order chi connectivity index (χ0) is 18.0. The van der Waals surface area contributed by atoms with Crippen molar-refractivity contribution in [3.05, 3.63) is 37.4 Å². The highest BCUT2D eigenvalue weighted by Gasteiger charge is 2.22. The molecule has 0 atom stereocenters. The van der Waals surface area contributed by atoms with Crippen LogP contribution in [0, 0.1) is 25.2 Å². The van der Waals surface area contributed by atoms with E-state index in [-0.39, 0.29) is 6.61 Å². The first kappa shape index (κ1) is 17.6. The first-order valence-corrected chi connectivity index (χ1v) is 9.71. The molecule has 0 fully saturated rings. The Morgan fingerprint density at radius 2 is 2.04 bits per heavy atom. The van der Waals surface area contributed by atoms with E-state index in [9.17, 15) is 14.9 Å². The van der Waals surface area contributed by atoms with Gasteiger partial charge in [-0.25, -0.2) is 4.79 Å². The molecule has 0 aromatic carbocycles. The topological polar surface area (TPSA) is 79.2 Å². The first-order chi connectivity index (χ1) is 12.0. The summed E-state index contributed by atoms with van der Waals surface area (Å²) < 4.78 is 5.11. The number of esters is 1. The molecule has 1 amide bonds. The second kappa shape index (κ2) is 7.38. The van der Waals surface area contributed by atoms with Crippen molar-refractivity contribution in [3.8, 4) is 6.07 Å². The third-order valence-electron chi connectivity index (χ3n) is 4.13. The van der Waals surface area contributed by atoms with Crippen LogP contribution < -0.4 is 5.32 Å². The number of thiophene rings is 2. The molecule has 0 unspecified atom stereocenters. The minimum Gasteiger partial charge on any atom is -0.452 e. The molecule has 1 N–H and O–H groups in total. The van der Waals surface area contributed by atoms with Crippen molar-refractivity contribution < 1.29 is 14.3 Å². The fourth-order valence-electron chi connectivity index (χ4n) is 2.98. The number of hydrogen-bond donors (Lipinski definition) is 1. The number of ether oxygens (including phenoxy) is 1. The Balaban J connectivity index is 1.63. The molecule has 2 heterocycles. The maximum absolute atomic E-state index is 12.1. The van der Waals surface area contributed by atoms with Crippen LogP contribution in [0.1, 0.15) is 49.0 Å². The predicted octanol–water partition coefficient (Wildman–Crippen LogP) is 3.97. The van der Waals surface area contributed by atoms with Crippen LogP contribution in [0.3, 0.4) is 0 Å². The normalized spacial score (nSPS) is 13.0. The molecule has 0 radical (unpaired) electrons. The summed E-state index contributed by atoms with van der Waals surface area (Å²) >= 11 is 2.98. The number of amides is 1. The maximum Gasteiger partial charge on any atom is 0.339 e. The fourth-order valence-corrected chi connectivity index (χ4v) is 5.15. The van der Waals surface area contributed by atoms with Gasteiger partial charge in [-0.15, -0.1) is 22.7 Å². The molecule has 5 nitrogen and oxygen atoms in total. The zero-order valence-corrected chi connectivity index (χ0v) is 15.7. The third kappa shape index (κ3) is 3.75. The van der Waals surface area contributed by atoms with Gasteiger partial charge >= 0.3 is 5.97 Å². The highest BCUT2D eigenvalue weighted by atomic mass is 32.1. The van der Waals surface area contributed by atoms with Gasteiger partial charge in [0, 0.05) is 14.6 Å². The minimum absolute atomic E-state index is 0.361. The molecular weight excluding hydrogens is 356 g/mol. The van der Waals surface area contributed by atoms with Gasteiger partial charge in [0.25, 0.3) is 5.91 Å². The minimum atomic E-state index is -0.497. The zero-order valence-electron chi connectivity index (χ0n) is 14.1. The van der Waals surface area contributed by atoms with Crippen LogP contribution in [0.5, 0.6) is 0 Å². The van der Waals surface area contributed by atoms with E-state index < -0.39 is 11.9 Å². The third-order valence-corrected chi connectivity index (χ3v) is 6.30. The molecule has 130 valence electrons. The summed E-state index contributed by atoms with van der Waals surface area (Å²) in [6, 6.07) is 3.96. The molecule has 1 aliphatic carbocycles. The Morgan fingerprint density at radius 1 is 1.28 bits per heavy atom. The van der Waals surface area contributed by atoms with Gasteiger partial charge in [-0.05, 0) is 51.2 Å². The number of fused-ring (bicyclic) bond motifs is 1. The lowest BCUT2D eigenvalue weighted by molar-refractivity contribution is -0.119. The molecule has 3 rings (SSSR count). The Bertz CT molecular complexity index is 874. The summed E-state index contributed by atoms with van der Waals surface area (Å²) in [7, 11) is 0. The average Bonchev–Trinajstić information content (AvgIpc) is 3.11. The first-order valence-electron chi connectivity index (χ1n) is 8.08. The maximum atomic E-state index is 12.1. The highest BCUT2D eigenvalue weighted by molar-refractivity contribution is 7.16. The summed E-state index contributed by atoms with van der Waals surface area (Å²) in [4.78, 5) is 27.3. The van der Waals surface area contributed by atoms with Gasteiger partial charge in [-0.2, -0.15) is 5.26 Å². The number of nitrogens with zero attached hydrogens (tertiary/aromatic N) is 1. The molecule has 0 spiro atoms. The van der Waals surface area contributed by atoms with E-state index in [1.165, 1.54) is 27.6 Å². The van der Waals surface area contributed by atoms with Crippen LogP contribution in [0.15, 0.2) is 6.07 Å². The monoisotopic (exact) mass is 374 g/mol. The molecule has 0 bridgehead atoms. The number of hydrogen-bond acceptors (Lipinski definition) is 6. The number of aryl methyl sites for hydroxylation is 3. The molecule has 7 heteroatoms. The number of anilines is 1. The molecule has 2 aromatic rings. The van der Waals surface area contributed by atoms with Crippen molar-refractivity contribution in [1.82, 2.24) is 0 Å². The van der Waals surface area contributed by atoms with Gasteiger partial charge in [0.1, 0.15) is 11.1 Å². The van der Waals surface area contributed by atoms with E-state index >= 15 is 0 Å². The summed E-state index contributed by atoms with van der Waals surface area (Å²) in [5.74, 6) is -0.920. The van der Waals surface area contributed by atoms with Crippen molar-refractivity contribution in [1.29, 1.82) is 5.26 Å². The predicted molar refractivity (Wildman–Crippen MR) is 98.4 cm³/mol. The smallest absolute Gasteiger partial charge is 0.339 e. The number of carbonyl (C=O) groups is 2. The fraction of sp³-hybridized carbons (Fsp3) is 0.389. The van der Waals surface area contributed by atoms with Gasteiger partial charge in [0.05, 0.1) is 11.1 Å². The molecular formula is C18H18N2O3S2. The highest BCUT2D eigenvalue weighted by Crippen LogP contribution is 2.37. The lowest BCUT2D eigenvalue weighted by Gasteiger charge is -2.09. The summed E-state index contributed by atoms with van der Waals surface area (Å²) in [6.07, 6.45) is 4.03. The van der Waals surface area contributed by atoms with Crippen LogP contribution in [0.2, 0.25) is 0 Å². The standard InChI is InChI=1S/C18H18N2O3S2/c1-10-7-13(11(2)24-10)18(22)23-9-16(21)20-17-14(8-19)12-5-3-4-6-15(12)25-17/h7H,3-6,9H2,1-2H3,(H,20,21). The SMILES string of the molecule is Cc1cc(C(=O)OCC(=O)Nc2sc3c(c2C#N)CCCC3)c(C)s1. The molecule has 25 heavy (non-hydrogen) atoms. The number of nitrogens with one attached hydrogen (secondary N) is 1. The summed E-state index contributed by atoms with van der Waals surface area (Å²) in [5.41, 5.74) is 2.12. The van der Waals surface area contributed by atoms with Crippen molar-refractivity contribution in [2.24, 2.45) is 0 Å². The summed E-state index contributed by atoms with van der Waals surface area (Å²) in [6.45, 7) is 3.41. The second-order valence-electron chi connectivity index (χ2n) is 5.98. The van der Waals surface area contributed by atoms with E-state index in [4.69, 9.17) is 4.74 Å². The van der Waals surface area contributed by atoms with Crippen molar-refractivity contribution in [3.63, 3.8) is 0 Å². The molecule has 0 saturated heterocycles.